The fraction of sp³-hybridized carbons (Fsp3) is 0.538. The van der Waals surface area contributed by atoms with Gasteiger partial charge in [0.15, 0.2) is 0 Å². The van der Waals surface area contributed by atoms with E-state index in [0.717, 1.165) is 0 Å². The molecule has 100 valence electrons. The van der Waals surface area contributed by atoms with Gasteiger partial charge in [-0.25, -0.2) is 0 Å². The number of nitrogen functional groups attached to an aromatic ring is 1. The zero-order chi connectivity index (χ0) is 13.6. The summed E-state index contributed by atoms with van der Waals surface area (Å²) in [4.78, 5) is 16.0. The van der Waals surface area contributed by atoms with E-state index >= 15 is 0 Å². The van der Waals surface area contributed by atoms with Gasteiger partial charge in [0.1, 0.15) is 0 Å². The first kappa shape index (κ1) is 14.4. The van der Waals surface area contributed by atoms with Crippen LogP contribution >= 0.6 is 0 Å². The third-order valence-corrected chi connectivity index (χ3v) is 3.25. The lowest BCUT2D eigenvalue weighted by Crippen LogP contribution is -2.51. The molecule has 0 aliphatic carbocycles. The molecular weight excluding hydrogens is 230 g/mol. The molecular formula is C13H21N3O2. The van der Waals surface area contributed by atoms with Gasteiger partial charge in [0.05, 0.1) is 30.5 Å². The van der Waals surface area contributed by atoms with Gasteiger partial charge in [-0.3, -0.25) is 9.78 Å². The van der Waals surface area contributed by atoms with Gasteiger partial charge in [0, 0.05) is 5.69 Å². The zero-order valence-electron chi connectivity index (χ0n) is 10.9. The minimum Gasteiger partial charge on any atom is -0.397 e. The molecule has 1 heterocycles. The second kappa shape index (κ2) is 6.35. The van der Waals surface area contributed by atoms with E-state index in [4.69, 9.17) is 5.73 Å². The molecule has 0 atom stereocenters. The molecule has 0 unspecified atom stereocenters. The Hall–Kier alpha value is -1.62. The molecule has 18 heavy (non-hydrogen) atoms. The Morgan fingerprint density at radius 1 is 1.44 bits per heavy atom. The fourth-order valence-electron chi connectivity index (χ4n) is 1.73. The smallest absolute Gasteiger partial charge is 0.226 e. The number of hydrogen-bond donors (Lipinski definition) is 3. The Balaban J connectivity index is 2.63. The summed E-state index contributed by atoms with van der Waals surface area (Å²) in [6.07, 6.45) is 3.12. The van der Waals surface area contributed by atoms with E-state index < -0.39 is 5.54 Å². The SMILES string of the molecule is CCC(CC)(CO)NC(=O)Cc1ccc(N)cn1. The molecule has 4 N–H and O–H groups in total. The van der Waals surface area contributed by atoms with Crippen LogP contribution in [0.5, 0.6) is 0 Å². The van der Waals surface area contributed by atoms with Crippen molar-refractivity contribution in [1.82, 2.24) is 10.3 Å². The van der Waals surface area contributed by atoms with Gasteiger partial charge < -0.3 is 16.2 Å². The lowest BCUT2D eigenvalue weighted by Gasteiger charge is -2.30. The number of carbonyl (C=O) groups is 1. The first-order valence-electron chi connectivity index (χ1n) is 6.17. The van der Waals surface area contributed by atoms with E-state index in [1.165, 1.54) is 6.20 Å². The van der Waals surface area contributed by atoms with Crippen LogP contribution in [0.2, 0.25) is 0 Å². The van der Waals surface area contributed by atoms with Crippen molar-refractivity contribution in [2.75, 3.05) is 12.3 Å². The van der Waals surface area contributed by atoms with Crippen molar-refractivity contribution < 1.29 is 9.90 Å². The number of aliphatic hydroxyl groups is 1. The average molecular weight is 251 g/mol. The molecule has 0 saturated heterocycles. The van der Waals surface area contributed by atoms with E-state index in [0.29, 0.717) is 24.2 Å². The molecule has 5 nitrogen and oxygen atoms in total. The lowest BCUT2D eigenvalue weighted by atomic mass is 9.93. The van der Waals surface area contributed by atoms with Gasteiger partial charge in [-0.05, 0) is 25.0 Å². The zero-order valence-corrected chi connectivity index (χ0v) is 10.9. The number of nitrogens with two attached hydrogens (primary N) is 1. The molecule has 0 bridgehead atoms. The highest BCUT2D eigenvalue weighted by atomic mass is 16.3. The van der Waals surface area contributed by atoms with Gasteiger partial charge in [-0.1, -0.05) is 13.8 Å². The highest BCUT2D eigenvalue weighted by molar-refractivity contribution is 5.79. The molecule has 0 fully saturated rings. The second-order valence-corrected chi connectivity index (χ2v) is 4.45. The van der Waals surface area contributed by atoms with Gasteiger partial charge in [0.25, 0.3) is 0 Å². The summed E-state index contributed by atoms with van der Waals surface area (Å²) in [6, 6.07) is 3.45. The number of aromatic nitrogens is 1. The van der Waals surface area contributed by atoms with Crippen LogP contribution in [-0.2, 0) is 11.2 Å². The van der Waals surface area contributed by atoms with E-state index in [1.54, 1.807) is 12.1 Å². The first-order chi connectivity index (χ1) is 8.55. The van der Waals surface area contributed by atoms with E-state index in [9.17, 15) is 9.90 Å². The number of aliphatic hydroxyl groups excluding tert-OH is 1. The summed E-state index contributed by atoms with van der Waals surface area (Å²) in [6.45, 7) is 3.84. The summed E-state index contributed by atoms with van der Waals surface area (Å²) >= 11 is 0. The Kier molecular flexibility index (Phi) is 5.09. The summed E-state index contributed by atoms with van der Waals surface area (Å²) in [5.41, 5.74) is 6.25. The van der Waals surface area contributed by atoms with E-state index in [2.05, 4.69) is 10.3 Å². The summed E-state index contributed by atoms with van der Waals surface area (Å²) < 4.78 is 0. The van der Waals surface area contributed by atoms with Gasteiger partial charge >= 0.3 is 0 Å². The fourth-order valence-corrected chi connectivity index (χ4v) is 1.73. The van der Waals surface area contributed by atoms with Crippen molar-refractivity contribution in [2.45, 2.75) is 38.6 Å². The van der Waals surface area contributed by atoms with Crippen LogP contribution in [0, 0.1) is 0 Å². The molecule has 1 aromatic rings. The van der Waals surface area contributed by atoms with E-state index in [-0.39, 0.29) is 18.9 Å². The van der Waals surface area contributed by atoms with Crippen LogP contribution < -0.4 is 11.1 Å². The Morgan fingerprint density at radius 2 is 2.11 bits per heavy atom. The molecule has 1 aromatic heterocycles. The predicted octanol–water partition coefficient (Wildman–Crippen LogP) is 0.874. The number of anilines is 1. The highest BCUT2D eigenvalue weighted by Gasteiger charge is 2.27. The molecule has 0 aliphatic heterocycles. The van der Waals surface area contributed by atoms with Crippen molar-refractivity contribution in [3.63, 3.8) is 0 Å². The van der Waals surface area contributed by atoms with Crippen molar-refractivity contribution >= 4 is 11.6 Å². The van der Waals surface area contributed by atoms with Crippen molar-refractivity contribution in [2.24, 2.45) is 0 Å². The molecule has 1 amide bonds. The largest absolute Gasteiger partial charge is 0.397 e. The van der Waals surface area contributed by atoms with Crippen molar-refractivity contribution in [3.8, 4) is 0 Å². The number of nitrogens with zero attached hydrogens (tertiary/aromatic N) is 1. The highest BCUT2D eigenvalue weighted by Crippen LogP contribution is 2.14. The molecule has 0 radical (unpaired) electrons. The lowest BCUT2D eigenvalue weighted by molar-refractivity contribution is -0.123. The van der Waals surface area contributed by atoms with Crippen molar-refractivity contribution in [3.05, 3.63) is 24.0 Å². The molecule has 0 aliphatic rings. The van der Waals surface area contributed by atoms with E-state index in [1.807, 2.05) is 13.8 Å². The Bertz CT molecular complexity index is 377. The van der Waals surface area contributed by atoms with Crippen LogP contribution in [0.25, 0.3) is 0 Å². The van der Waals surface area contributed by atoms with Gasteiger partial charge in [0.2, 0.25) is 5.91 Å². The molecule has 1 rings (SSSR count). The Labute approximate surface area is 107 Å². The van der Waals surface area contributed by atoms with Crippen LogP contribution in [0.1, 0.15) is 32.4 Å². The number of hydrogen-bond acceptors (Lipinski definition) is 4. The third-order valence-electron chi connectivity index (χ3n) is 3.25. The van der Waals surface area contributed by atoms with Crippen LogP contribution in [0.15, 0.2) is 18.3 Å². The maximum Gasteiger partial charge on any atom is 0.226 e. The number of rotatable bonds is 6. The molecule has 0 spiro atoms. The van der Waals surface area contributed by atoms with Crippen LogP contribution in [-0.4, -0.2) is 28.1 Å². The minimum atomic E-state index is -0.523. The topological polar surface area (TPSA) is 88.2 Å². The van der Waals surface area contributed by atoms with Crippen LogP contribution in [0.4, 0.5) is 5.69 Å². The standard InChI is InChI=1S/C13H21N3O2/c1-3-13(4-2,9-17)16-12(18)7-11-6-5-10(14)8-15-11/h5-6,8,17H,3-4,7,9,14H2,1-2H3,(H,16,18). The predicted molar refractivity (Wildman–Crippen MR) is 70.9 cm³/mol. The van der Waals surface area contributed by atoms with Crippen LogP contribution in [0.3, 0.4) is 0 Å². The van der Waals surface area contributed by atoms with Gasteiger partial charge in [-0.15, -0.1) is 0 Å². The molecule has 5 heteroatoms. The van der Waals surface area contributed by atoms with Gasteiger partial charge in [-0.2, -0.15) is 0 Å². The first-order valence-corrected chi connectivity index (χ1v) is 6.17. The average Bonchev–Trinajstić information content (AvgIpc) is 2.39. The number of amides is 1. The summed E-state index contributed by atoms with van der Waals surface area (Å²) in [5, 5.41) is 12.3. The quantitative estimate of drug-likeness (QED) is 0.700. The third kappa shape index (κ3) is 3.70. The molecule has 0 saturated carbocycles. The number of pyridine rings is 1. The maximum absolute atomic E-state index is 11.9. The summed E-state index contributed by atoms with van der Waals surface area (Å²) in [7, 11) is 0. The normalized spacial score (nSPS) is 11.3. The molecule has 0 aromatic carbocycles. The number of carbonyl (C=O) groups excluding carboxylic acids is 1. The van der Waals surface area contributed by atoms with Crippen molar-refractivity contribution in [1.29, 1.82) is 0 Å². The monoisotopic (exact) mass is 251 g/mol. The maximum atomic E-state index is 11.9. The minimum absolute atomic E-state index is 0.0547. The Morgan fingerprint density at radius 3 is 2.56 bits per heavy atom. The number of nitrogens with one attached hydrogen (secondary N) is 1. The summed E-state index contributed by atoms with van der Waals surface area (Å²) in [5.74, 6) is -0.134. The second-order valence-electron chi connectivity index (χ2n) is 4.45.